The number of rotatable bonds is 6. The van der Waals surface area contributed by atoms with E-state index in [9.17, 15) is 13.9 Å². The third-order valence-corrected chi connectivity index (χ3v) is 4.47. The summed E-state index contributed by atoms with van der Waals surface area (Å²) >= 11 is 8.97. The fourth-order valence-corrected chi connectivity index (χ4v) is 3.44. The van der Waals surface area contributed by atoms with E-state index in [2.05, 4.69) is 28.1 Å². The van der Waals surface area contributed by atoms with Crippen LogP contribution in [0.3, 0.4) is 0 Å². The summed E-state index contributed by atoms with van der Waals surface area (Å²) in [6.45, 7) is 1.33. The van der Waals surface area contributed by atoms with Crippen LogP contribution in [0, 0.1) is 11.6 Å². The van der Waals surface area contributed by atoms with Crippen LogP contribution in [0.1, 0.15) is 12.0 Å². The molecule has 2 heterocycles. The number of hydrogen-bond donors (Lipinski definition) is 3. The summed E-state index contributed by atoms with van der Waals surface area (Å²) < 4.78 is 35.2. The average Bonchev–Trinajstić information content (AvgIpc) is 3.06. The Balaban J connectivity index is 1.84. The van der Waals surface area contributed by atoms with Gasteiger partial charge < -0.3 is 15.3 Å². The van der Waals surface area contributed by atoms with Gasteiger partial charge in [0.05, 0.1) is 19.3 Å². The van der Waals surface area contributed by atoms with E-state index in [4.69, 9.17) is 17.0 Å². The third kappa shape index (κ3) is 5.20. The van der Waals surface area contributed by atoms with E-state index in [0.29, 0.717) is 24.0 Å². The number of thiocarbonyl (C=S) groups is 1. The van der Waals surface area contributed by atoms with E-state index in [0.717, 1.165) is 12.1 Å². The maximum Gasteiger partial charge on any atom is 0.145 e. The van der Waals surface area contributed by atoms with Gasteiger partial charge in [0, 0.05) is 31.1 Å². The Morgan fingerprint density at radius 1 is 1.48 bits per heavy atom. The van der Waals surface area contributed by atoms with Crippen molar-refractivity contribution >= 4 is 29.2 Å². The van der Waals surface area contributed by atoms with Gasteiger partial charge in [0.25, 0.3) is 0 Å². The van der Waals surface area contributed by atoms with E-state index < -0.39 is 23.3 Å². The monoisotopic (exact) mass is 415 g/mol. The predicted octanol–water partition coefficient (Wildman–Crippen LogP) is 1.25. The lowest BCUT2D eigenvalue weighted by Gasteiger charge is -2.38. The molecule has 1 aliphatic rings. The average molecular weight is 415 g/mol. The van der Waals surface area contributed by atoms with Crippen molar-refractivity contribution < 1.29 is 18.6 Å². The Kier molecular flexibility index (Phi) is 6.37. The number of thiol groups is 1. The number of aromatic nitrogens is 3. The van der Waals surface area contributed by atoms with E-state index in [-0.39, 0.29) is 18.5 Å². The van der Waals surface area contributed by atoms with Crippen molar-refractivity contribution in [2.24, 2.45) is 0 Å². The molecule has 2 atom stereocenters. The minimum Gasteiger partial charge on any atom is -0.383 e. The van der Waals surface area contributed by atoms with E-state index in [1.54, 1.807) is 0 Å². The summed E-state index contributed by atoms with van der Waals surface area (Å²) in [6, 6.07) is 3.10. The standard InChI is InChI=1S/C16H19F2N5O2S2/c17-11-1-2-13(14(18)5-11)16(24,8-23-10-19-9-20-23)6-12-7-22(3-4-25-12)21-15(26)27/h1-2,5,9-10,12,24H,3-4,6-8H2,(H2,21,26,27). The number of halogens is 2. The number of ether oxygens (including phenoxy) is 1. The van der Waals surface area contributed by atoms with Gasteiger partial charge in [-0.05, 0) is 6.07 Å². The smallest absolute Gasteiger partial charge is 0.145 e. The maximum atomic E-state index is 14.4. The van der Waals surface area contributed by atoms with Crippen molar-refractivity contribution in [3.05, 3.63) is 48.1 Å². The highest BCUT2D eigenvalue weighted by molar-refractivity contribution is 8.11. The molecule has 3 rings (SSSR count). The first-order valence-electron chi connectivity index (χ1n) is 8.22. The first-order chi connectivity index (χ1) is 12.9. The Labute approximate surface area is 165 Å². The highest BCUT2D eigenvalue weighted by Crippen LogP contribution is 2.32. The van der Waals surface area contributed by atoms with E-state index >= 15 is 0 Å². The number of benzene rings is 1. The number of nitrogens with one attached hydrogen (secondary N) is 1. The summed E-state index contributed by atoms with van der Waals surface area (Å²) in [5.41, 5.74) is 1.21. The van der Waals surface area contributed by atoms with Crippen LogP contribution in [0.2, 0.25) is 0 Å². The molecule has 2 N–H and O–H groups in total. The molecule has 0 amide bonds. The summed E-state index contributed by atoms with van der Waals surface area (Å²) in [6.07, 6.45) is 2.37. The Hall–Kier alpha value is -1.66. The SMILES string of the molecule is OC(CC1CN(NC(=S)S)CCO1)(Cn1cncn1)c1ccc(F)cc1F. The molecule has 0 bridgehead atoms. The highest BCUT2D eigenvalue weighted by Gasteiger charge is 2.38. The topological polar surface area (TPSA) is 75.4 Å². The van der Waals surface area contributed by atoms with Crippen LogP contribution >= 0.6 is 24.8 Å². The molecule has 2 aromatic rings. The van der Waals surface area contributed by atoms with Gasteiger partial charge in [-0.15, -0.1) is 12.6 Å². The zero-order valence-corrected chi connectivity index (χ0v) is 16.0. The van der Waals surface area contributed by atoms with Gasteiger partial charge in [0.1, 0.15) is 34.2 Å². The molecule has 27 heavy (non-hydrogen) atoms. The molecule has 0 saturated carbocycles. The molecule has 146 valence electrons. The van der Waals surface area contributed by atoms with Gasteiger partial charge in [-0.3, -0.25) is 0 Å². The lowest BCUT2D eigenvalue weighted by Crippen LogP contribution is -2.52. The van der Waals surface area contributed by atoms with Crippen molar-refractivity contribution in [3.8, 4) is 0 Å². The number of nitrogens with zero attached hydrogens (tertiary/aromatic N) is 4. The van der Waals surface area contributed by atoms with Crippen LogP contribution in [0.15, 0.2) is 30.9 Å². The predicted molar refractivity (Wildman–Crippen MR) is 101 cm³/mol. The zero-order valence-electron chi connectivity index (χ0n) is 14.3. The number of hydrogen-bond acceptors (Lipinski definition) is 6. The molecule has 11 heteroatoms. The maximum absolute atomic E-state index is 14.4. The summed E-state index contributed by atoms with van der Waals surface area (Å²) in [4.78, 5) is 3.84. The quantitative estimate of drug-likeness (QED) is 0.484. The van der Waals surface area contributed by atoms with Gasteiger partial charge in [0.2, 0.25) is 0 Å². The minimum absolute atomic E-state index is 0.0298. The lowest BCUT2D eigenvalue weighted by molar-refractivity contribution is -0.0938. The van der Waals surface area contributed by atoms with Gasteiger partial charge >= 0.3 is 0 Å². The molecular formula is C16H19F2N5O2S2. The zero-order chi connectivity index (χ0) is 19.4. The Morgan fingerprint density at radius 2 is 2.30 bits per heavy atom. The molecule has 0 spiro atoms. The van der Waals surface area contributed by atoms with Crippen LogP contribution in [-0.4, -0.2) is 55.0 Å². The van der Waals surface area contributed by atoms with Crippen molar-refractivity contribution in [1.82, 2.24) is 25.2 Å². The molecule has 1 aromatic heterocycles. The molecule has 1 fully saturated rings. The minimum atomic E-state index is -1.68. The largest absolute Gasteiger partial charge is 0.383 e. The molecule has 7 nitrogen and oxygen atoms in total. The van der Waals surface area contributed by atoms with Crippen molar-refractivity contribution in [2.75, 3.05) is 19.7 Å². The summed E-state index contributed by atoms with van der Waals surface area (Å²) in [5, 5.41) is 17.1. The molecule has 1 aromatic carbocycles. The Morgan fingerprint density at radius 3 is 2.96 bits per heavy atom. The van der Waals surface area contributed by atoms with Crippen molar-refractivity contribution in [3.63, 3.8) is 0 Å². The lowest BCUT2D eigenvalue weighted by atomic mass is 9.87. The molecule has 0 aliphatic carbocycles. The van der Waals surface area contributed by atoms with Gasteiger partial charge in [-0.2, -0.15) is 5.10 Å². The summed E-state index contributed by atoms with van der Waals surface area (Å²) in [5.74, 6) is -1.55. The normalized spacial score (nSPS) is 20.2. The number of aliphatic hydroxyl groups is 1. The van der Waals surface area contributed by atoms with Crippen molar-refractivity contribution in [2.45, 2.75) is 24.7 Å². The van der Waals surface area contributed by atoms with Gasteiger partial charge in [0.15, 0.2) is 0 Å². The first kappa shape index (κ1) is 20.1. The van der Waals surface area contributed by atoms with E-state index in [1.807, 2.05) is 5.01 Å². The molecule has 1 aliphatic heterocycles. The van der Waals surface area contributed by atoms with Crippen LogP contribution < -0.4 is 5.43 Å². The van der Waals surface area contributed by atoms with Crippen LogP contribution in [-0.2, 0) is 16.9 Å². The fraction of sp³-hybridized carbons (Fsp3) is 0.438. The third-order valence-electron chi connectivity index (χ3n) is 4.28. The highest BCUT2D eigenvalue weighted by atomic mass is 32.1. The molecule has 2 unspecified atom stereocenters. The van der Waals surface area contributed by atoms with E-state index in [1.165, 1.54) is 23.4 Å². The second-order valence-electron chi connectivity index (χ2n) is 6.31. The number of morpholine rings is 1. The fourth-order valence-electron chi connectivity index (χ4n) is 3.17. The first-order valence-corrected chi connectivity index (χ1v) is 9.08. The molecule has 1 saturated heterocycles. The van der Waals surface area contributed by atoms with Gasteiger partial charge in [-0.1, -0.05) is 18.3 Å². The number of hydrazine groups is 1. The van der Waals surface area contributed by atoms with Crippen molar-refractivity contribution in [1.29, 1.82) is 0 Å². The van der Waals surface area contributed by atoms with Crippen LogP contribution in [0.4, 0.5) is 8.78 Å². The van der Waals surface area contributed by atoms with Crippen LogP contribution in [0.5, 0.6) is 0 Å². The second kappa shape index (κ2) is 8.57. The van der Waals surface area contributed by atoms with Gasteiger partial charge in [-0.25, -0.2) is 23.5 Å². The molecule has 0 radical (unpaired) electrons. The summed E-state index contributed by atoms with van der Waals surface area (Å²) in [7, 11) is 0. The van der Waals surface area contributed by atoms with Crippen LogP contribution in [0.25, 0.3) is 0 Å². The Bertz CT molecular complexity index is 795. The second-order valence-corrected chi connectivity index (χ2v) is 7.47. The molecular weight excluding hydrogens is 396 g/mol.